The SMILES string of the molecule is O=C1CC(S(=O)(=O)F)CN1c1ncnc2nc[nH]c12. The Balaban J connectivity index is 2.04. The molecule has 10 heteroatoms. The molecule has 2 aromatic rings. The summed E-state index contributed by atoms with van der Waals surface area (Å²) in [6.07, 6.45) is 2.20. The molecule has 1 N–H and O–H groups in total. The largest absolute Gasteiger partial charge is 0.340 e. The van der Waals surface area contributed by atoms with Crippen LogP contribution in [-0.2, 0) is 15.0 Å². The fourth-order valence-corrected chi connectivity index (χ4v) is 2.69. The van der Waals surface area contributed by atoms with E-state index in [0.717, 1.165) is 4.90 Å². The number of H-pyrrole nitrogens is 1. The van der Waals surface area contributed by atoms with Crippen LogP contribution < -0.4 is 4.90 Å². The van der Waals surface area contributed by atoms with Gasteiger partial charge in [0.25, 0.3) is 0 Å². The van der Waals surface area contributed by atoms with Gasteiger partial charge < -0.3 is 4.98 Å². The fraction of sp³-hybridized carbons (Fsp3) is 0.333. The van der Waals surface area contributed by atoms with Crippen molar-refractivity contribution in [3.63, 3.8) is 0 Å². The molecular weight excluding hydrogens is 277 g/mol. The average molecular weight is 285 g/mol. The zero-order valence-electron chi connectivity index (χ0n) is 9.45. The maximum atomic E-state index is 13.0. The van der Waals surface area contributed by atoms with Crippen LogP contribution in [0.15, 0.2) is 12.7 Å². The molecule has 1 saturated heterocycles. The minimum absolute atomic E-state index is 0.207. The maximum Gasteiger partial charge on any atom is 0.307 e. The van der Waals surface area contributed by atoms with Gasteiger partial charge in [0.2, 0.25) is 5.91 Å². The molecule has 2 aromatic heterocycles. The highest BCUT2D eigenvalue weighted by Crippen LogP contribution is 2.27. The zero-order chi connectivity index (χ0) is 13.6. The van der Waals surface area contributed by atoms with Crippen LogP contribution in [0.4, 0.5) is 9.70 Å². The maximum absolute atomic E-state index is 13.0. The Morgan fingerprint density at radius 2 is 2.16 bits per heavy atom. The van der Waals surface area contributed by atoms with Gasteiger partial charge >= 0.3 is 10.2 Å². The summed E-state index contributed by atoms with van der Waals surface area (Å²) in [6, 6.07) is 0. The van der Waals surface area contributed by atoms with Gasteiger partial charge in [-0.15, -0.1) is 3.89 Å². The van der Waals surface area contributed by atoms with Crippen LogP contribution in [0.5, 0.6) is 0 Å². The Morgan fingerprint density at radius 1 is 1.37 bits per heavy atom. The van der Waals surface area contributed by atoms with Gasteiger partial charge in [0.05, 0.1) is 6.33 Å². The van der Waals surface area contributed by atoms with Crippen LogP contribution in [0.25, 0.3) is 11.2 Å². The number of carbonyl (C=O) groups is 1. The fourth-order valence-electron chi connectivity index (χ4n) is 2.03. The van der Waals surface area contributed by atoms with Crippen molar-refractivity contribution in [1.82, 2.24) is 19.9 Å². The van der Waals surface area contributed by atoms with Crippen molar-refractivity contribution >= 4 is 33.1 Å². The van der Waals surface area contributed by atoms with Crippen LogP contribution in [0.2, 0.25) is 0 Å². The molecule has 0 radical (unpaired) electrons. The first-order chi connectivity index (χ1) is 8.97. The zero-order valence-corrected chi connectivity index (χ0v) is 10.3. The number of fused-ring (bicyclic) bond motifs is 1. The van der Waals surface area contributed by atoms with E-state index in [2.05, 4.69) is 19.9 Å². The minimum atomic E-state index is -4.75. The average Bonchev–Trinajstić information content (AvgIpc) is 2.93. The first-order valence-corrected chi connectivity index (χ1v) is 6.79. The van der Waals surface area contributed by atoms with Crippen LogP contribution in [0.3, 0.4) is 0 Å². The summed E-state index contributed by atoms with van der Waals surface area (Å²) in [6.45, 7) is -0.261. The second-order valence-electron chi connectivity index (χ2n) is 4.10. The van der Waals surface area contributed by atoms with Gasteiger partial charge in [-0.2, -0.15) is 8.42 Å². The topological polar surface area (TPSA) is 109 Å². The lowest BCUT2D eigenvalue weighted by molar-refractivity contribution is -0.117. The van der Waals surface area contributed by atoms with E-state index in [1.165, 1.54) is 12.7 Å². The number of hydrogen-bond donors (Lipinski definition) is 1. The number of halogens is 1. The van der Waals surface area contributed by atoms with Gasteiger partial charge in [0, 0.05) is 13.0 Å². The summed E-state index contributed by atoms with van der Waals surface area (Å²) in [4.78, 5) is 27.4. The van der Waals surface area contributed by atoms with Gasteiger partial charge in [-0.25, -0.2) is 15.0 Å². The van der Waals surface area contributed by atoms with E-state index in [-0.39, 0.29) is 12.4 Å². The quantitative estimate of drug-likeness (QED) is 0.762. The van der Waals surface area contributed by atoms with Crippen LogP contribution >= 0.6 is 0 Å². The number of amides is 1. The summed E-state index contributed by atoms with van der Waals surface area (Å²) in [5.74, 6) is -0.292. The first kappa shape index (κ1) is 12.0. The van der Waals surface area contributed by atoms with Gasteiger partial charge in [0.1, 0.15) is 17.1 Å². The predicted molar refractivity (Wildman–Crippen MR) is 62.5 cm³/mol. The number of hydrogen-bond acceptors (Lipinski definition) is 6. The van der Waals surface area contributed by atoms with E-state index in [4.69, 9.17) is 0 Å². The molecule has 0 aromatic carbocycles. The van der Waals surface area contributed by atoms with Gasteiger partial charge in [-0.05, 0) is 0 Å². The van der Waals surface area contributed by atoms with E-state index < -0.39 is 27.8 Å². The lowest BCUT2D eigenvalue weighted by atomic mass is 10.4. The number of nitrogens with zero attached hydrogens (tertiary/aromatic N) is 4. The predicted octanol–water partition coefficient (Wildman–Crippen LogP) is -0.243. The Kier molecular flexibility index (Phi) is 2.49. The normalized spacial score (nSPS) is 20.4. The molecular formula is C9H8FN5O3S. The first-order valence-electron chi connectivity index (χ1n) is 5.35. The van der Waals surface area contributed by atoms with Gasteiger partial charge in [0.15, 0.2) is 11.5 Å². The Labute approximate surface area is 106 Å². The Bertz CT molecular complexity index is 758. The molecule has 1 unspecified atom stereocenters. The van der Waals surface area contributed by atoms with E-state index in [1.54, 1.807) is 0 Å². The second kappa shape index (κ2) is 3.95. The summed E-state index contributed by atoms with van der Waals surface area (Å²) >= 11 is 0. The Morgan fingerprint density at radius 3 is 2.84 bits per heavy atom. The van der Waals surface area contributed by atoms with Crippen molar-refractivity contribution < 1.29 is 17.1 Å². The highest BCUT2D eigenvalue weighted by atomic mass is 32.3. The number of aromatic nitrogens is 4. The molecule has 3 heterocycles. The molecule has 1 aliphatic heterocycles. The molecule has 19 heavy (non-hydrogen) atoms. The molecule has 0 aliphatic carbocycles. The van der Waals surface area contributed by atoms with E-state index in [0.29, 0.717) is 11.2 Å². The second-order valence-corrected chi connectivity index (χ2v) is 5.72. The number of carbonyl (C=O) groups excluding carboxylic acids is 1. The molecule has 3 rings (SSSR count). The third-order valence-corrected chi connectivity index (χ3v) is 4.06. The molecule has 0 bridgehead atoms. The number of nitrogens with one attached hydrogen (secondary N) is 1. The van der Waals surface area contributed by atoms with E-state index in [1.807, 2.05) is 0 Å². The highest BCUT2D eigenvalue weighted by molar-refractivity contribution is 7.87. The molecule has 0 spiro atoms. The number of aromatic amines is 1. The van der Waals surface area contributed by atoms with Crippen molar-refractivity contribution in [3.05, 3.63) is 12.7 Å². The lowest BCUT2D eigenvalue weighted by Crippen LogP contribution is -2.28. The molecule has 8 nitrogen and oxygen atoms in total. The van der Waals surface area contributed by atoms with Crippen molar-refractivity contribution in [2.45, 2.75) is 11.7 Å². The van der Waals surface area contributed by atoms with Crippen LogP contribution in [0, 0.1) is 0 Å². The number of imidazole rings is 1. The van der Waals surface area contributed by atoms with E-state index >= 15 is 0 Å². The summed E-state index contributed by atoms with van der Waals surface area (Å²) in [5, 5.41) is -1.35. The molecule has 0 saturated carbocycles. The number of rotatable bonds is 2. The van der Waals surface area contributed by atoms with Crippen molar-refractivity contribution in [2.24, 2.45) is 0 Å². The van der Waals surface area contributed by atoms with Crippen molar-refractivity contribution in [2.75, 3.05) is 11.4 Å². The number of anilines is 1. The smallest absolute Gasteiger partial charge is 0.307 e. The van der Waals surface area contributed by atoms with E-state index in [9.17, 15) is 17.1 Å². The Hall–Kier alpha value is -2.10. The monoisotopic (exact) mass is 285 g/mol. The van der Waals surface area contributed by atoms with Crippen LogP contribution in [0.1, 0.15) is 6.42 Å². The third kappa shape index (κ3) is 1.93. The lowest BCUT2D eigenvalue weighted by Gasteiger charge is -2.14. The third-order valence-electron chi connectivity index (χ3n) is 2.95. The van der Waals surface area contributed by atoms with Gasteiger partial charge in [-0.1, -0.05) is 0 Å². The summed E-state index contributed by atoms with van der Waals surface area (Å²) in [5.41, 5.74) is 0.761. The summed E-state index contributed by atoms with van der Waals surface area (Å²) < 4.78 is 34.7. The molecule has 1 amide bonds. The molecule has 1 atom stereocenters. The molecule has 1 aliphatic rings. The van der Waals surface area contributed by atoms with Crippen molar-refractivity contribution in [3.8, 4) is 0 Å². The van der Waals surface area contributed by atoms with Crippen LogP contribution in [-0.4, -0.2) is 46.1 Å². The minimum Gasteiger partial charge on any atom is -0.340 e. The molecule has 100 valence electrons. The summed E-state index contributed by atoms with van der Waals surface area (Å²) in [7, 11) is -4.75. The highest BCUT2D eigenvalue weighted by Gasteiger charge is 2.40. The molecule has 1 fully saturated rings. The standard InChI is InChI=1S/C9H8FN5O3S/c10-19(17,18)5-1-6(16)15(2-5)9-7-8(12-3-11-7)13-4-14-9/h3-5H,1-2H2,(H,11,12,13,14). The van der Waals surface area contributed by atoms with Gasteiger partial charge in [-0.3, -0.25) is 9.69 Å². The van der Waals surface area contributed by atoms with Crippen molar-refractivity contribution in [1.29, 1.82) is 0 Å².